The van der Waals surface area contributed by atoms with Gasteiger partial charge in [0.1, 0.15) is 5.75 Å². The molecule has 1 aliphatic heterocycles. The molecule has 0 radical (unpaired) electrons. The van der Waals surface area contributed by atoms with E-state index in [-0.39, 0.29) is 23.7 Å². The number of carbonyl (C=O) groups excluding carboxylic acids is 1. The summed E-state index contributed by atoms with van der Waals surface area (Å²) in [5.74, 6) is 1.73. The molecule has 24 heavy (non-hydrogen) atoms. The second-order valence-corrected chi connectivity index (χ2v) is 7.12. The molecule has 0 aliphatic carbocycles. The molecule has 0 saturated carbocycles. The smallest absolute Gasteiger partial charge is 0.220 e. The Hall–Kier alpha value is -1.26. The topological polar surface area (TPSA) is 50.4 Å². The molecule has 2 rings (SSSR count). The zero-order chi connectivity index (χ0) is 16.7. The molecule has 0 atom stereocenters. The lowest BCUT2D eigenvalue weighted by Crippen LogP contribution is -2.37. The van der Waals surface area contributed by atoms with Gasteiger partial charge in [0.2, 0.25) is 5.91 Å². The maximum absolute atomic E-state index is 12.1. The van der Waals surface area contributed by atoms with Crippen molar-refractivity contribution in [1.29, 1.82) is 0 Å². The van der Waals surface area contributed by atoms with Crippen LogP contribution in [0.25, 0.3) is 0 Å². The zero-order valence-corrected chi connectivity index (χ0v) is 15.9. The molecule has 5 heteroatoms. The quantitative estimate of drug-likeness (QED) is 0.790. The highest BCUT2D eigenvalue weighted by atomic mass is 35.5. The first-order valence-corrected chi connectivity index (χ1v) is 8.63. The van der Waals surface area contributed by atoms with Crippen molar-refractivity contribution in [3.8, 4) is 5.75 Å². The van der Waals surface area contributed by atoms with Gasteiger partial charge >= 0.3 is 0 Å². The van der Waals surface area contributed by atoms with Crippen molar-refractivity contribution in [1.82, 2.24) is 10.6 Å². The first-order valence-electron chi connectivity index (χ1n) is 8.63. The van der Waals surface area contributed by atoms with E-state index in [1.807, 2.05) is 12.1 Å². The summed E-state index contributed by atoms with van der Waals surface area (Å²) < 4.78 is 5.20. The van der Waals surface area contributed by atoms with Gasteiger partial charge in [-0.25, -0.2) is 0 Å². The van der Waals surface area contributed by atoms with Crippen molar-refractivity contribution < 1.29 is 9.53 Å². The molecule has 1 fully saturated rings. The number of nitrogens with one attached hydrogen (secondary N) is 2. The van der Waals surface area contributed by atoms with Crippen molar-refractivity contribution in [2.45, 2.75) is 44.9 Å². The number of halogens is 1. The summed E-state index contributed by atoms with van der Waals surface area (Å²) in [5.41, 5.74) is 1.12. The molecule has 1 heterocycles. The third kappa shape index (κ3) is 6.33. The molecule has 0 spiro atoms. The summed E-state index contributed by atoms with van der Waals surface area (Å²) in [6.45, 7) is 7.15. The average Bonchev–Trinajstić information content (AvgIpc) is 2.59. The summed E-state index contributed by atoms with van der Waals surface area (Å²) in [6, 6.07) is 8.08. The van der Waals surface area contributed by atoms with E-state index in [0.29, 0.717) is 18.9 Å². The fourth-order valence-electron chi connectivity index (χ4n) is 3.06. The Kier molecular flexibility index (Phi) is 8.57. The minimum absolute atomic E-state index is 0. The van der Waals surface area contributed by atoms with E-state index in [1.165, 1.54) is 18.4 Å². The van der Waals surface area contributed by atoms with Crippen LogP contribution in [0.5, 0.6) is 5.75 Å². The molecule has 2 N–H and O–H groups in total. The monoisotopic (exact) mass is 354 g/mol. The summed E-state index contributed by atoms with van der Waals surface area (Å²) in [4.78, 5) is 12.1. The molecule has 1 aromatic carbocycles. The molecule has 1 aliphatic rings. The lowest BCUT2D eigenvalue weighted by Gasteiger charge is -2.26. The van der Waals surface area contributed by atoms with Crippen LogP contribution in [-0.4, -0.2) is 32.7 Å². The summed E-state index contributed by atoms with van der Waals surface area (Å²) >= 11 is 0. The molecular formula is C19H31ClN2O2. The fraction of sp³-hybridized carbons (Fsp3) is 0.632. The van der Waals surface area contributed by atoms with Crippen LogP contribution in [0.1, 0.15) is 45.1 Å². The highest BCUT2D eigenvalue weighted by molar-refractivity contribution is 5.85. The van der Waals surface area contributed by atoms with Gasteiger partial charge < -0.3 is 15.4 Å². The van der Waals surface area contributed by atoms with Crippen LogP contribution >= 0.6 is 12.4 Å². The number of ether oxygens (including phenoxy) is 1. The predicted molar refractivity (Wildman–Crippen MR) is 101 cm³/mol. The van der Waals surface area contributed by atoms with Crippen LogP contribution < -0.4 is 15.4 Å². The van der Waals surface area contributed by atoms with E-state index in [4.69, 9.17) is 4.74 Å². The van der Waals surface area contributed by atoms with E-state index >= 15 is 0 Å². The van der Waals surface area contributed by atoms with Crippen LogP contribution in [0.4, 0.5) is 0 Å². The Morgan fingerprint density at radius 3 is 2.46 bits per heavy atom. The van der Waals surface area contributed by atoms with Gasteiger partial charge in [-0.1, -0.05) is 26.0 Å². The van der Waals surface area contributed by atoms with Crippen molar-refractivity contribution in [2.24, 2.45) is 5.92 Å². The molecule has 1 amide bonds. The Balaban J connectivity index is 0.00000288. The van der Waals surface area contributed by atoms with Crippen molar-refractivity contribution in [2.75, 3.05) is 26.7 Å². The molecule has 0 bridgehead atoms. The minimum Gasteiger partial charge on any atom is -0.497 e. The van der Waals surface area contributed by atoms with Gasteiger partial charge in [0.15, 0.2) is 0 Å². The molecular weight excluding hydrogens is 324 g/mol. The van der Waals surface area contributed by atoms with E-state index in [1.54, 1.807) is 7.11 Å². The first kappa shape index (κ1) is 20.8. The van der Waals surface area contributed by atoms with Crippen LogP contribution in [0, 0.1) is 5.92 Å². The molecule has 4 nitrogen and oxygen atoms in total. The van der Waals surface area contributed by atoms with Crippen molar-refractivity contribution in [3.63, 3.8) is 0 Å². The highest BCUT2D eigenvalue weighted by Crippen LogP contribution is 2.24. The number of hydrogen-bond donors (Lipinski definition) is 2. The number of hydrogen-bond acceptors (Lipinski definition) is 3. The van der Waals surface area contributed by atoms with Gasteiger partial charge in [0.05, 0.1) is 7.11 Å². The van der Waals surface area contributed by atoms with Gasteiger partial charge in [0.25, 0.3) is 0 Å². The van der Waals surface area contributed by atoms with Gasteiger partial charge in [-0.2, -0.15) is 0 Å². The van der Waals surface area contributed by atoms with Crippen LogP contribution in [0.3, 0.4) is 0 Å². The number of benzene rings is 1. The Morgan fingerprint density at radius 2 is 1.88 bits per heavy atom. The predicted octanol–water partition coefficient (Wildman–Crippen LogP) is 3.29. The van der Waals surface area contributed by atoms with Crippen LogP contribution in [-0.2, 0) is 10.2 Å². The van der Waals surface area contributed by atoms with Gasteiger partial charge in [0, 0.05) is 18.4 Å². The normalized spacial score (nSPS) is 15.5. The van der Waals surface area contributed by atoms with Gasteiger partial charge in [-0.05, 0) is 56.0 Å². The second-order valence-electron chi connectivity index (χ2n) is 7.12. The van der Waals surface area contributed by atoms with Gasteiger partial charge in [-0.3, -0.25) is 4.79 Å². The van der Waals surface area contributed by atoms with E-state index in [2.05, 4.69) is 36.6 Å². The van der Waals surface area contributed by atoms with Gasteiger partial charge in [-0.15, -0.1) is 12.4 Å². The number of amides is 1. The van der Waals surface area contributed by atoms with Crippen molar-refractivity contribution in [3.05, 3.63) is 29.8 Å². The maximum atomic E-state index is 12.1. The summed E-state index contributed by atoms with van der Waals surface area (Å²) in [5, 5.41) is 6.47. The Morgan fingerprint density at radius 1 is 1.25 bits per heavy atom. The number of rotatable bonds is 7. The molecule has 1 aromatic rings. The second kappa shape index (κ2) is 9.90. The Bertz CT molecular complexity index is 497. The Labute approximate surface area is 152 Å². The average molecular weight is 355 g/mol. The summed E-state index contributed by atoms with van der Waals surface area (Å²) in [6.07, 6.45) is 4.05. The zero-order valence-electron chi connectivity index (χ0n) is 15.1. The highest BCUT2D eigenvalue weighted by Gasteiger charge is 2.22. The van der Waals surface area contributed by atoms with E-state index in [0.717, 1.165) is 25.3 Å². The van der Waals surface area contributed by atoms with Crippen LogP contribution in [0.15, 0.2) is 24.3 Å². The summed E-state index contributed by atoms with van der Waals surface area (Å²) in [7, 11) is 1.67. The maximum Gasteiger partial charge on any atom is 0.220 e. The van der Waals surface area contributed by atoms with E-state index < -0.39 is 0 Å². The molecule has 136 valence electrons. The van der Waals surface area contributed by atoms with Crippen LogP contribution in [0.2, 0.25) is 0 Å². The first-order chi connectivity index (χ1) is 11.0. The lowest BCUT2D eigenvalue weighted by molar-refractivity contribution is -0.121. The number of piperidine rings is 1. The number of carbonyl (C=O) groups is 1. The lowest BCUT2D eigenvalue weighted by atomic mass is 9.84. The molecule has 1 saturated heterocycles. The third-order valence-electron chi connectivity index (χ3n) is 4.84. The largest absolute Gasteiger partial charge is 0.497 e. The van der Waals surface area contributed by atoms with E-state index in [9.17, 15) is 4.79 Å². The minimum atomic E-state index is -0.0866. The molecule has 0 aromatic heterocycles. The fourth-order valence-corrected chi connectivity index (χ4v) is 3.06. The van der Waals surface area contributed by atoms with Crippen molar-refractivity contribution >= 4 is 18.3 Å². The number of methoxy groups -OCH3 is 1. The SMILES string of the molecule is COc1ccc(C(C)(C)CNC(=O)CCC2CCNCC2)cc1.Cl. The molecule has 0 unspecified atom stereocenters. The standard InChI is InChI=1S/C19H30N2O2.ClH/c1-19(2,16-5-7-17(23-3)8-6-16)14-21-18(22)9-4-15-10-12-20-13-11-15;/h5-8,15,20H,4,9-14H2,1-3H3,(H,21,22);1H. The third-order valence-corrected chi connectivity index (χ3v) is 4.84.